The van der Waals surface area contributed by atoms with E-state index in [4.69, 9.17) is 10.5 Å². The van der Waals surface area contributed by atoms with Crippen molar-refractivity contribution in [2.45, 2.75) is 5.92 Å². The van der Waals surface area contributed by atoms with Gasteiger partial charge in [-0.05, 0) is 24.3 Å². The van der Waals surface area contributed by atoms with Crippen LogP contribution < -0.4 is 15.8 Å². The van der Waals surface area contributed by atoms with Gasteiger partial charge in [-0.1, -0.05) is 12.7 Å². The zero-order valence-electron chi connectivity index (χ0n) is 10.4. The Labute approximate surface area is 110 Å². The van der Waals surface area contributed by atoms with Gasteiger partial charge in [0.05, 0.1) is 13.1 Å². The van der Waals surface area contributed by atoms with E-state index in [1.165, 1.54) is 12.1 Å². The van der Waals surface area contributed by atoms with Crippen molar-refractivity contribution in [1.29, 1.82) is 0 Å². The van der Waals surface area contributed by atoms with Gasteiger partial charge in [-0.3, -0.25) is 4.79 Å². The molecule has 0 spiro atoms. The lowest BCUT2D eigenvalue weighted by Crippen LogP contribution is -2.41. The van der Waals surface area contributed by atoms with Gasteiger partial charge in [-0.2, -0.15) is 0 Å². The number of carbonyl (C=O) groups is 1. The normalized spacial score (nSPS) is 10.9. The van der Waals surface area contributed by atoms with Crippen LogP contribution in [0.25, 0.3) is 0 Å². The summed E-state index contributed by atoms with van der Waals surface area (Å²) in [4.78, 5) is 11.6. The Morgan fingerprint density at radius 1 is 1.42 bits per heavy atom. The summed E-state index contributed by atoms with van der Waals surface area (Å²) in [5.74, 6) is -3.10. The first kappa shape index (κ1) is 15.1. The number of benzene rings is 1. The molecule has 1 aromatic carbocycles. The van der Waals surface area contributed by atoms with E-state index < -0.39 is 24.9 Å². The number of nitrogens with one attached hydrogen (secondary N) is 1. The molecule has 1 amide bonds. The first-order chi connectivity index (χ1) is 8.98. The number of amides is 1. The van der Waals surface area contributed by atoms with Gasteiger partial charge in [-0.25, -0.2) is 8.78 Å². The number of alkyl halides is 2. The Morgan fingerprint density at radius 2 is 2.05 bits per heavy atom. The average Bonchev–Trinajstić information content (AvgIpc) is 2.43. The summed E-state index contributed by atoms with van der Waals surface area (Å²) in [6, 6.07) is 6.15. The second-order valence-electron chi connectivity index (χ2n) is 3.87. The molecule has 0 aliphatic heterocycles. The van der Waals surface area contributed by atoms with E-state index in [-0.39, 0.29) is 5.56 Å². The van der Waals surface area contributed by atoms with E-state index in [9.17, 15) is 13.6 Å². The Kier molecular flexibility index (Phi) is 5.44. The molecule has 0 bridgehead atoms. The number of ether oxygens (including phenoxy) is 1. The summed E-state index contributed by atoms with van der Waals surface area (Å²) in [5.41, 5.74) is 5.15. The molecule has 0 fully saturated rings. The van der Waals surface area contributed by atoms with Crippen LogP contribution in [0.1, 0.15) is 10.4 Å². The monoisotopic (exact) mass is 270 g/mol. The van der Waals surface area contributed by atoms with E-state index in [0.717, 1.165) is 0 Å². The number of rotatable bonds is 7. The molecular weight excluding hydrogens is 254 g/mol. The highest BCUT2D eigenvalue weighted by atomic mass is 19.3. The molecule has 0 aliphatic carbocycles. The van der Waals surface area contributed by atoms with Crippen LogP contribution in [0.2, 0.25) is 0 Å². The lowest BCUT2D eigenvalue weighted by atomic mass is 10.2. The Balaban J connectivity index is 2.55. The maximum absolute atomic E-state index is 12.9. The molecular formula is C13H16F2N2O2. The van der Waals surface area contributed by atoms with Gasteiger partial charge >= 0.3 is 0 Å². The molecule has 4 nitrogen and oxygen atoms in total. The topological polar surface area (TPSA) is 64.3 Å². The smallest absolute Gasteiger partial charge is 0.277 e. The minimum absolute atomic E-state index is 0.277. The second kappa shape index (κ2) is 6.84. The number of nitrogens with two attached hydrogens (primary N) is 1. The van der Waals surface area contributed by atoms with Crippen molar-refractivity contribution in [2.24, 2.45) is 5.73 Å². The van der Waals surface area contributed by atoms with Crippen LogP contribution in [0.5, 0.6) is 5.75 Å². The van der Waals surface area contributed by atoms with E-state index in [2.05, 4.69) is 11.9 Å². The van der Waals surface area contributed by atoms with E-state index in [1.807, 2.05) is 0 Å². The predicted molar refractivity (Wildman–Crippen MR) is 68.5 cm³/mol. The van der Waals surface area contributed by atoms with Gasteiger partial charge < -0.3 is 15.8 Å². The summed E-state index contributed by atoms with van der Waals surface area (Å²) in [7, 11) is 0. The number of hydrogen-bond acceptors (Lipinski definition) is 3. The third-order valence-corrected chi connectivity index (χ3v) is 2.29. The molecule has 0 aromatic heterocycles. The molecule has 0 atom stereocenters. The molecule has 0 heterocycles. The maximum atomic E-state index is 12.9. The van der Waals surface area contributed by atoms with Gasteiger partial charge in [0, 0.05) is 5.56 Å². The van der Waals surface area contributed by atoms with Crippen LogP contribution >= 0.6 is 0 Å². The summed E-state index contributed by atoms with van der Waals surface area (Å²) in [6.45, 7) is 2.28. The van der Waals surface area contributed by atoms with Crippen molar-refractivity contribution in [3.63, 3.8) is 0 Å². The molecule has 3 N–H and O–H groups in total. The minimum atomic E-state index is -3.09. The largest absolute Gasteiger partial charge is 0.490 e. The lowest BCUT2D eigenvalue weighted by molar-refractivity contribution is 0.0118. The summed E-state index contributed by atoms with van der Waals surface area (Å²) in [6.07, 6.45) is 1.59. The van der Waals surface area contributed by atoms with Crippen molar-refractivity contribution in [3.8, 4) is 5.75 Å². The SMILES string of the molecule is C=CCOc1ccc(C(=O)NCC(F)(F)CN)cc1. The highest BCUT2D eigenvalue weighted by Gasteiger charge is 2.27. The lowest BCUT2D eigenvalue weighted by Gasteiger charge is -2.14. The number of carbonyl (C=O) groups excluding carboxylic acids is 1. The molecule has 0 radical (unpaired) electrons. The van der Waals surface area contributed by atoms with Crippen LogP contribution in [0.4, 0.5) is 8.78 Å². The van der Waals surface area contributed by atoms with E-state index in [1.54, 1.807) is 18.2 Å². The molecule has 0 saturated heterocycles. The Morgan fingerprint density at radius 3 is 2.58 bits per heavy atom. The molecule has 19 heavy (non-hydrogen) atoms. The van der Waals surface area contributed by atoms with Gasteiger partial charge in [0.2, 0.25) is 0 Å². The third kappa shape index (κ3) is 5.05. The van der Waals surface area contributed by atoms with Crippen LogP contribution in [0.15, 0.2) is 36.9 Å². The highest BCUT2D eigenvalue weighted by molar-refractivity contribution is 5.94. The van der Waals surface area contributed by atoms with Crippen molar-refractivity contribution in [3.05, 3.63) is 42.5 Å². The van der Waals surface area contributed by atoms with Crippen LogP contribution in [0.3, 0.4) is 0 Å². The molecule has 0 saturated carbocycles. The first-order valence-corrected chi connectivity index (χ1v) is 5.68. The van der Waals surface area contributed by atoms with Gasteiger partial charge in [0.1, 0.15) is 12.4 Å². The van der Waals surface area contributed by atoms with Crippen molar-refractivity contribution in [2.75, 3.05) is 19.7 Å². The standard InChI is InChI=1S/C13H16F2N2O2/c1-2-7-19-11-5-3-10(4-6-11)12(18)17-9-13(14,15)8-16/h2-6H,1,7-9,16H2,(H,17,18). The van der Waals surface area contributed by atoms with Crippen molar-refractivity contribution < 1.29 is 18.3 Å². The van der Waals surface area contributed by atoms with Crippen molar-refractivity contribution >= 4 is 5.91 Å². The molecule has 1 rings (SSSR count). The zero-order valence-corrected chi connectivity index (χ0v) is 10.4. The molecule has 104 valence electrons. The number of halogens is 2. The minimum Gasteiger partial charge on any atom is -0.490 e. The number of hydrogen-bond donors (Lipinski definition) is 2. The van der Waals surface area contributed by atoms with Crippen LogP contribution in [0, 0.1) is 0 Å². The molecule has 6 heteroatoms. The summed E-state index contributed by atoms with van der Waals surface area (Å²) in [5, 5.41) is 2.13. The fourth-order valence-electron chi connectivity index (χ4n) is 1.24. The van der Waals surface area contributed by atoms with Gasteiger partial charge in [0.15, 0.2) is 0 Å². The molecule has 0 unspecified atom stereocenters. The molecule has 0 aliphatic rings. The summed E-state index contributed by atoms with van der Waals surface area (Å²) < 4.78 is 31.0. The maximum Gasteiger partial charge on any atom is 0.277 e. The second-order valence-corrected chi connectivity index (χ2v) is 3.87. The fraction of sp³-hybridized carbons (Fsp3) is 0.308. The Bertz CT molecular complexity index is 433. The van der Waals surface area contributed by atoms with Gasteiger partial charge in [-0.15, -0.1) is 0 Å². The quantitative estimate of drug-likeness (QED) is 0.739. The molecule has 1 aromatic rings. The van der Waals surface area contributed by atoms with Crippen LogP contribution in [-0.2, 0) is 0 Å². The van der Waals surface area contributed by atoms with Gasteiger partial charge in [0.25, 0.3) is 11.8 Å². The van der Waals surface area contributed by atoms with E-state index >= 15 is 0 Å². The Hall–Kier alpha value is -1.95. The predicted octanol–water partition coefficient (Wildman–Crippen LogP) is 1.58. The first-order valence-electron chi connectivity index (χ1n) is 5.68. The van der Waals surface area contributed by atoms with Crippen molar-refractivity contribution in [1.82, 2.24) is 5.32 Å². The van der Waals surface area contributed by atoms with E-state index in [0.29, 0.717) is 12.4 Å². The zero-order chi connectivity index (χ0) is 14.3. The van der Waals surface area contributed by atoms with Crippen LogP contribution in [-0.4, -0.2) is 31.5 Å². The average molecular weight is 270 g/mol. The third-order valence-electron chi connectivity index (χ3n) is 2.29. The fourth-order valence-corrected chi connectivity index (χ4v) is 1.24. The summed E-state index contributed by atoms with van der Waals surface area (Å²) >= 11 is 0. The highest BCUT2D eigenvalue weighted by Crippen LogP contribution is 2.13.